The predicted molar refractivity (Wildman–Crippen MR) is 80.7 cm³/mol. The van der Waals surface area contributed by atoms with Gasteiger partial charge >= 0.3 is 7.32 Å². The molecule has 0 unspecified atom stereocenters. The van der Waals surface area contributed by atoms with Gasteiger partial charge in [0, 0.05) is 32.8 Å². The first kappa shape index (κ1) is 15.1. The van der Waals surface area contributed by atoms with Crippen molar-refractivity contribution in [1.82, 2.24) is 4.90 Å². The summed E-state index contributed by atoms with van der Waals surface area (Å²) in [6, 6.07) is 5.73. The molecular weight excluding hydrogens is 292 g/mol. The van der Waals surface area contributed by atoms with Gasteiger partial charge in [0.05, 0.1) is 11.1 Å². The highest BCUT2D eigenvalue weighted by molar-refractivity contribution is 6.36. The second kappa shape index (κ2) is 6.98. The number of hydrogen-bond acceptors (Lipinski definition) is 5. The number of aryl methyl sites for hydroxylation is 1. The maximum atomic E-state index is 6.14. The molecule has 0 amide bonds. The Balaban J connectivity index is 1.62. The lowest BCUT2D eigenvalue weighted by atomic mass is 10.1. The number of halogens is 1. The SMILES string of the molecule is Cc1ccc(Cl)c(OC[C@H]2CN3CCOB(OCC3)O2)c1. The van der Waals surface area contributed by atoms with Crippen molar-refractivity contribution in [2.45, 2.75) is 13.0 Å². The summed E-state index contributed by atoms with van der Waals surface area (Å²) in [4.78, 5) is 2.27. The number of nitrogens with zero attached hydrogens (tertiary/aromatic N) is 1. The molecule has 114 valence electrons. The molecule has 3 fully saturated rings. The molecule has 2 bridgehead atoms. The summed E-state index contributed by atoms with van der Waals surface area (Å²) in [5.74, 6) is 0.685. The van der Waals surface area contributed by atoms with Crippen LogP contribution in [0.5, 0.6) is 5.75 Å². The quantitative estimate of drug-likeness (QED) is 0.796. The van der Waals surface area contributed by atoms with Gasteiger partial charge in [0.15, 0.2) is 0 Å². The largest absolute Gasteiger partial charge is 0.639 e. The Morgan fingerprint density at radius 1 is 1.33 bits per heavy atom. The van der Waals surface area contributed by atoms with Crippen LogP contribution >= 0.6 is 11.6 Å². The molecule has 0 radical (unpaired) electrons. The molecule has 0 spiro atoms. The van der Waals surface area contributed by atoms with E-state index >= 15 is 0 Å². The van der Waals surface area contributed by atoms with E-state index < -0.39 is 7.32 Å². The molecule has 3 aliphatic heterocycles. The molecule has 3 heterocycles. The molecule has 0 N–H and O–H groups in total. The Morgan fingerprint density at radius 3 is 2.86 bits per heavy atom. The third-order valence-corrected chi connectivity index (χ3v) is 3.91. The molecule has 0 aliphatic carbocycles. The zero-order valence-electron chi connectivity index (χ0n) is 12.1. The first-order valence-corrected chi connectivity index (χ1v) is 7.58. The average molecular weight is 312 g/mol. The van der Waals surface area contributed by atoms with Crippen LogP contribution in [0.4, 0.5) is 0 Å². The molecular formula is C14H19BClNO4. The van der Waals surface area contributed by atoms with E-state index in [9.17, 15) is 0 Å². The first-order chi connectivity index (χ1) is 10.2. The fourth-order valence-electron chi connectivity index (χ4n) is 2.46. The highest BCUT2D eigenvalue weighted by atomic mass is 35.5. The van der Waals surface area contributed by atoms with Crippen molar-refractivity contribution in [2.75, 3.05) is 39.5 Å². The molecule has 3 aliphatic rings. The Bertz CT molecular complexity index is 466. The summed E-state index contributed by atoms with van der Waals surface area (Å²) in [5.41, 5.74) is 1.11. The van der Waals surface area contributed by atoms with Crippen molar-refractivity contribution in [3.05, 3.63) is 28.8 Å². The van der Waals surface area contributed by atoms with Gasteiger partial charge in [-0.3, -0.25) is 4.90 Å². The zero-order valence-corrected chi connectivity index (χ0v) is 12.8. The summed E-state index contributed by atoms with van der Waals surface area (Å²) in [6.07, 6.45) is -0.104. The highest BCUT2D eigenvalue weighted by Gasteiger charge is 2.33. The minimum atomic E-state index is -0.589. The van der Waals surface area contributed by atoms with Crippen molar-refractivity contribution < 1.29 is 18.7 Å². The lowest BCUT2D eigenvalue weighted by molar-refractivity contribution is -0.0321. The van der Waals surface area contributed by atoms with Gasteiger partial charge in [-0.2, -0.15) is 0 Å². The summed E-state index contributed by atoms with van der Waals surface area (Å²) < 4.78 is 22.6. The van der Waals surface area contributed by atoms with E-state index in [0.717, 1.165) is 25.2 Å². The third-order valence-electron chi connectivity index (χ3n) is 3.60. The maximum Gasteiger partial charge on any atom is 0.639 e. The standard InChI is InChI=1S/C14H19BClNO4/c1-11-2-3-13(16)14(8-11)18-10-12-9-17-4-6-19-15(21-12)20-7-5-17/h2-3,8,12H,4-7,9-10H2,1H3/t12-/m1/s1. The number of ether oxygens (including phenoxy) is 1. The monoisotopic (exact) mass is 311 g/mol. The van der Waals surface area contributed by atoms with Gasteiger partial charge in [-0.15, -0.1) is 0 Å². The van der Waals surface area contributed by atoms with Crippen molar-refractivity contribution >= 4 is 18.9 Å². The topological polar surface area (TPSA) is 40.2 Å². The Hall–Kier alpha value is -0.785. The Labute approximate surface area is 130 Å². The third kappa shape index (κ3) is 4.11. The summed E-state index contributed by atoms with van der Waals surface area (Å²) in [7, 11) is -0.589. The molecule has 0 aromatic heterocycles. The second-order valence-corrected chi connectivity index (χ2v) is 5.74. The molecule has 3 saturated heterocycles. The second-order valence-electron chi connectivity index (χ2n) is 5.33. The van der Waals surface area contributed by atoms with Crippen LogP contribution in [0.1, 0.15) is 5.56 Å². The van der Waals surface area contributed by atoms with Crippen LogP contribution in [-0.4, -0.2) is 57.8 Å². The van der Waals surface area contributed by atoms with Crippen molar-refractivity contribution in [3.63, 3.8) is 0 Å². The van der Waals surface area contributed by atoms with E-state index in [-0.39, 0.29) is 6.10 Å². The zero-order chi connectivity index (χ0) is 14.7. The Morgan fingerprint density at radius 2 is 2.10 bits per heavy atom. The van der Waals surface area contributed by atoms with Crippen LogP contribution < -0.4 is 4.74 Å². The lowest BCUT2D eigenvalue weighted by Gasteiger charge is -2.34. The minimum absolute atomic E-state index is 0.104. The summed E-state index contributed by atoms with van der Waals surface area (Å²) in [5, 5.41) is 0.611. The van der Waals surface area contributed by atoms with Crippen molar-refractivity contribution in [1.29, 1.82) is 0 Å². The van der Waals surface area contributed by atoms with E-state index in [4.69, 9.17) is 30.3 Å². The summed E-state index contributed by atoms with van der Waals surface area (Å²) in [6.45, 7) is 6.28. The van der Waals surface area contributed by atoms with E-state index in [1.165, 1.54) is 0 Å². The van der Waals surface area contributed by atoms with E-state index in [1.54, 1.807) is 0 Å². The molecule has 7 heteroatoms. The summed E-state index contributed by atoms with van der Waals surface area (Å²) >= 11 is 6.14. The van der Waals surface area contributed by atoms with Crippen molar-refractivity contribution in [3.8, 4) is 5.75 Å². The number of hydrogen-bond donors (Lipinski definition) is 0. The fraction of sp³-hybridized carbons (Fsp3) is 0.571. The van der Waals surface area contributed by atoms with Crippen LogP contribution in [0.3, 0.4) is 0 Å². The molecule has 4 rings (SSSR count). The van der Waals surface area contributed by atoms with Gasteiger partial charge in [-0.05, 0) is 24.6 Å². The number of fused-ring (bicyclic) bond motifs is 6. The van der Waals surface area contributed by atoms with Crippen LogP contribution in [-0.2, 0) is 14.0 Å². The highest BCUT2D eigenvalue weighted by Crippen LogP contribution is 2.25. The van der Waals surface area contributed by atoms with E-state index in [2.05, 4.69) is 4.90 Å². The molecule has 1 atom stereocenters. The first-order valence-electron chi connectivity index (χ1n) is 7.21. The van der Waals surface area contributed by atoms with Crippen molar-refractivity contribution in [2.24, 2.45) is 0 Å². The maximum absolute atomic E-state index is 6.14. The van der Waals surface area contributed by atoms with Gasteiger partial charge in [-0.1, -0.05) is 17.7 Å². The van der Waals surface area contributed by atoms with E-state index in [1.807, 2.05) is 25.1 Å². The molecule has 1 aromatic rings. The van der Waals surface area contributed by atoms with Crippen LogP contribution in [0.25, 0.3) is 0 Å². The number of benzene rings is 1. The normalized spacial score (nSPS) is 26.1. The lowest BCUT2D eigenvalue weighted by Crippen LogP contribution is -2.51. The van der Waals surface area contributed by atoms with Crippen LogP contribution in [0, 0.1) is 6.92 Å². The number of rotatable bonds is 3. The van der Waals surface area contributed by atoms with Gasteiger partial charge in [0.2, 0.25) is 0 Å². The van der Waals surface area contributed by atoms with Crippen LogP contribution in [0.2, 0.25) is 5.02 Å². The molecule has 1 aromatic carbocycles. The van der Waals surface area contributed by atoms with Crippen LogP contribution in [0.15, 0.2) is 18.2 Å². The van der Waals surface area contributed by atoms with Gasteiger partial charge in [0.25, 0.3) is 0 Å². The van der Waals surface area contributed by atoms with Gasteiger partial charge in [-0.25, -0.2) is 0 Å². The Kier molecular flexibility index (Phi) is 5.03. The molecule has 0 saturated carbocycles. The molecule has 21 heavy (non-hydrogen) atoms. The minimum Gasteiger partial charge on any atom is -0.489 e. The van der Waals surface area contributed by atoms with Gasteiger partial charge < -0.3 is 18.7 Å². The van der Waals surface area contributed by atoms with E-state index in [0.29, 0.717) is 30.6 Å². The smallest absolute Gasteiger partial charge is 0.489 e. The average Bonchev–Trinajstić information content (AvgIpc) is 2.39. The fourth-order valence-corrected chi connectivity index (χ4v) is 2.63. The predicted octanol–water partition coefficient (Wildman–Crippen LogP) is 1.76. The van der Waals surface area contributed by atoms with Gasteiger partial charge in [0.1, 0.15) is 12.4 Å². The molecule has 5 nitrogen and oxygen atoms in total.